The lowest BCUT2D eigenvalue weighted by Crippen LogP contribution is -2.42. The molecule has 0 bridgehead atoms. The third-order valence-electron chi connectivity index (χ3n) is 4.66. The van der Waals surface area contributed by atoms with E-state index in [0.717, 1.165) is 19.3 Å². The summed E-state index contributed by atoms with van der Waals surface area (Å²) in [4.78, 5) is 15.3. The first kappa shape index (κ1) is 16.9. The lowest BCUT2D eigenvalue weighted by atomic mass is 9.92. The van der Waals surface area contributed by atoms with Gasteiger partial charge in [-0.3, -0.25) is 4.79 Å². The molecule has 23 heavy (non-hydrogen) atoms. The second kappa shape index (κ2) is 6.53. The number of rotatable bonds is 3. The fraction of sp³-hybridized carbons (Fsp3) is 0.688. The van der Waals surface area contributed by atoms with Crippen LogP contribution in [-0.4, -0.2) is 49.7 Å². The molecule has 0 radical (unpaired) electrons. The highest BCUT2D eigenvalue weighted by Crippen LogP contribution is 2.30. The monoisotopic (exact) mass is 356 g/mol. The number of likely N-dealkylation sites (tertiary alicyclic amines) is 1. The summed E-state index contributed by atoms with van der Waals surface area (Å²) < 4.78 is 27.1. The number of piperidine rings is 1. The van der Waals surface area contributed by atoms with Crippen LogP contribution in [0, 0.1) is 11.8 Å². The van der Waals surface area contributed by atoms with Gasteiger partial charge in [-0.25, -0.2) is 8.42 Å². The van der Waals surface area contributed by atoms with Gasteiger partial charge in [0, 0.05) is 26.2 Å². The van der Waals surface area contributed by atoms with Crippen LogP contribution in [0.5, 0.6) is 0 Å². The van der Waals surface area contributed by atoms with E-state index in [0.29, 0.717) is 42.9 Å². The van der Waals surface area contributed by atoms with Gasteiger partial charge in [-0.1, -0.05) is 13.8 Å². The van der Waals surface area contributed by atoms with Gasteiger partial charge in [0.05, 0.1) is 0 Å². The van der Waals surface area contributed by atoms with Crippen LogP contribution < -0.4 is 0 Å². The molecule has 0 saturated carbocycles. The third-order valence-corrected chi connectivity index (χ3v) is 7.63. The molecule has 0 spiro atoms. The van der Waals surface area contributed by atoms with Crippen LogP contribution in [0.25, 0.3) is 0 Å². The molecule has 0 N–H and O–H groups in total. The molecule has 3 rings (SSSR count). The van der Waals surface area contributed by atoms with Crippen molar-refractivity contribution in [3.63, 3.8) is 0 Å². The number of thiophene rings is 1. The number of carbonyl (C=O) groups excluding carboxylic acids is 1. The quantitative estimate of drug-likeness (QED) is 0.836. The van der Waals surface area contributed by atoms with Crippen LogP contribution in [-0.2, 0) is 10.0 Å². The fourth-order valence-corrected chi connectivity index (χ4v) is 6.58. The number of nitrogens with zero attached hydrogens (tertiary/aromatic N) is 2. The highest BCUT2D eigenvalue weighted by atomic mass is 32.2. The summed E-state index contributed by atoms with van der Waals surface area (Å²) in [5.41, 5.74) is 0. The Morgan fingerprint density at radius 3 is 2.39 bits per heavy atom. The molecule has 5 nitrogen and oxygen atoms in total. The van der Waals surface area contributed by atoms with Gasteiger partial charge in [0.25, 0.3) is 5.91 Å². The van der Waals surface area contributed by atoms with E-state index in [9.17, 15) is 13.2 Å². The number of sulfonamides is 1. The Morgan fingerprint density at radius 2 is 1.78 bits per heavy atom. The van der Waals surface area contributed by atoms with Crippen LogP contribution in [0.15, 0.2) is 16.3 Å². The maximum absolute atomic E-state index is 12.9. The van der Waals surface area contributed by atoms with Gasteiger partial charge >= 0.3 is 0 Å². The lowest BCUT2D eigenvalue weighted by molar-refractivity contribution is 0.0624. The average molecular weight is 357 g/mol. The standard InChI is InChI=1S/C16H24N2O3S2/c1-12-9-13(2)11-17(10-12)16(19)15-14(5-8-22-15)23(20,21)18-6-3-4-7-18/h5,8,12-13H,3-4,6-7,9-11H2,1-2H3. The van der Waals surface area contributed by atoms with E-state index in [4.69, 9.17) is 0 Å². The van der Waals surface area contributed by atoms with Gasteiger partial charge in [-0.2, -0.15) is 4.31 Å². The Bertz CT molecular complexity index is 667. The van der Waals surface area contributed by atoms with Crippen LogP contribution in [0.4, 0.5) is 0 Å². The second-order valence-corrected chi connectivity index (χ2v) is 9.70. The largest absolute Gasteiger partial charge is 0.337 e. The number of carbonyl (C=O) groups is 1. The summed E-state index contributed by atoms with van der Waals surface area (Å²) in [6, 6.07) is 1.59. The Morgan fingerprint density at radius 1 is 1.17 bits per heavy atom. The van der Waals surface area contributed by atoms with Crippen molar-refractivity contribution in [1.29, 1.82) is 0 Å². The molecule has 2 unspecified atom stereocenters. The zero-order chi connectivity index (χ0) is 16.6. The van der Waals surface area contributed by atoms with Crippen LogP contribution >= 0.6 is 11.3 Å². The van der Waals surface area contributed by atoms with Gasteiger partial charge in [0.2, 0.25) is 10.0 Å². The van der Waals surface area contributed by atoms with E-state index < -0.39 is 10.0 Å². The van der Waals surface area contributed by atoms with Crippen molar-refractivity contribution in [1.82, 2.24) is 9.21 Å². The molecule has 1 aromatic heterocycles. The Balaban J connectivity index is 1.87. The van der Waals surface area contributed by atoms with Crippen molar-refractivity contribution in [2.24, 2.45) is 11.8 Å². The molecule has 7 heteroatoms. The van der Waals surface area contributed by atoms with E-state index in [1.807, 2.05) is 4.90 Å². The van der Waals surface area contributed by atoms with Crippen molar-refractivity contribution in [2.75, 3.05) is 26.2 Å². The van der Waals surface area contributed by atoms with E-state index in [1.165, 1.54) is 15.6 Å². The van der Waals surface area contributed by atoms with Crippen LogP contribution in [0.1, 0.15) is 42.8 Å². The lowest BCUT2D eigenvalue weighted by Gasteiger charge is -2.35. The van der Waals surface area contributed by atoms with Gasteiger partial charge in [-0.05, 0) is 42.5 Å². The van der Waals surface area contributed by atoms with E-state index in [-0.39, 0.29) is 10.8 Å². The number of hydrogen-bond donors (Lipinski definition) is 0. The third kappa shape index (κ3) is 3.32. The van der Waals surface area contributed by atoms with Gasteiger partial charge in [0.15, 0.2) is 0 Å². The van der Waals surface area contributed by atoms with E-state index >= 15 is 0 Å². The molecule has 2 atom stereocenters. The van der Waals surface area contributed by atoms with Crippen molar-refractivity contribution >= 4 is 27.3 Å². The second-order valence-electron chi connectivity index (χ2n) is 6.88. The minimum Gasteiger partial charge on any atom is -0.337 e. The highest BCUT2D eigenvalue weighted by molar-refractivity contribution is 7.89. The molecule has 2 saturated heterocycles. The summed E-state index contributed by atoms with van der Waals surface area (Å²) in [5.74, 6) is 0.791. The first-order chi connectivity index (χ1) is 10.9. The first-order valence-electron chi connectivity index (χ1n) is 8.26. The van der Waals surface area contributed by atoms with Crippen molar-refractivity contribution in [3.8, 4) is 0 Å². The van der Waals surface area contributed by atoms with Crippen molar-refractivity contribution in [3.05, 3.63) is 16.3 Å². The SMILES string of the molecule is CC1CC(C)CN(C(=O)c2sccc2S(=O)(=O)N2CCCC2)C1. The summed E-state index contributed by atoms with van der Waals surface area (Å²) in [6.07, 6.45) is 2.91. The maximum atomic E-state index is 12.9. The zero-order valence-corrected chi connectivity index (χ0v) is 15.3. The molecule has 1 aromatic rings. The maximum Gasteiger partial charge on any atom is 0.265 e. The molecular formula is C16H24N2O3S2. The predicted molar refractivity (Wildman–Crippen MR) is 91.2 cm³/mol. The molecule has 1 amide bonds. The topological polar surface area (TPSA) is 57.7 Å². The molecule has 3 heterocycles. The summed E-state index contributed by atoms with van der Waals surface area (Å²) in [7, 11) is -3.54. The fourth-order valence-electron chi connectivity index (χ4n) is 3.70. The van der Waals surface area contributed by atoms with Crippen molar-refractivity contribution in [2.45, 2.75) is 38.0 Å². The van der Waals surface area contributed by atoms with Gasteiger partial charge in [-0.15, -0.1) is 11.3 Å². The van der Waals surface area contributed by atoms with Gasteiger partial charge in [0.1, 0.15) is 9.77 Å². The molecule has 128 valence electrons. The molecule has 2 aliphatic rings. The average Bonchev–Trinajstić information content (AvgIpc) is 3.17. The van der Waals surface area contributed by atoms with Crippen molar-refractivity contribution < 1.29 is 13.2 Å². The van der Waals surface area contributed by atoms with Crippen LogP contribution in [0.3, 0.4) is 0 Å². The normalized spacial score (nSPS) is 26.6. The zero-order valence-electron chi connectivity index (χ0n) is 13.7. The first-order valence-corrected chi connectivity index (χ1v) is 10.6. The molecular weight excluding hydrogens is 332 g/mol. The smallest absolute Gasteiger partial charge is 0.265 e. The summed E-state index contributed by atoms with van der Waals surface area (Å²) >= 11 is 1.24. The summed E-state index contributed by atoms with van der Waals surface area (Å²) in [5, 5.41) is 1.72. The minimum absolute atomic E-state index is 0.129. The Kier molecular flexibility index (Phi) is 4.80. The number of hydrogen-bond acceptors (Lipinski definition) is 4. The molecule has 0 aromatic carbocycles. The Hall–Kier alpha value is -0.920. The molecule has 2 fully saturated rings. The van der Waals surface area contributed by atoms with Crippen LogP contribution in [0.2, 0.25) is 0 Å². The Labute approximate surface area is 142 Å². The van der Waals surface area contributed by atoms with E-state index in [1.54, 1.807) is 11.4 Å². The number of amides is 1. The molecule has 0 aliphatic carbocycles. The van der Waals surface area contributed by atoms with Gasteiger partial charge < -0.3 is 4.90 Å². The predicted octanol–water partition coefficient (Wildman–Crippen LogP) is 2.65. The summed E-state index contributed by atoms with van der Waals surface area (Å²) in [6.45, 7) is 6.83. The van der Waals surface area contributed by atoms with E-state index in [2.05, 4.69) is 13.8 Å². The minimum atomic E-state index is -3.54. The highest BCUT2D eigenvalue weighted by Gasteiger charge is 2.34. The molecule has 2 aliphatic heterocycles.